The number of carboxylic acid groups (broad SMARTS) is 1. The Morgan fingerprint density at radius 1 is 1.40 bits per heavy atom. The smallest absolute Gasteiger partial charge is 0.305 e. The number of nitro benzene ring substituents is 1. The molecule has 1 atom stereocenters. The van der Waals surface area contributed by atoms with E-state index >= 15 is 0 Å². The van der Waals surface area contributed by atoms with Gasteiger partial charge in [0.1, 0.15) is 0 Å². The van der Waals surface area contributed by atoms with E-state index < -0.39 is 29.3 Å². The van der Waals surface area contributed by atoms with E-state index in [4.69, 9.17) is 10.8 Å². The number of nitrogens with two attached hydrogens (primary N) is 1. The number of rotatable bonds is 5. The first-order valence-corrected chi connectivity index (χ1v) is 5.76. The zero-order chi connectivity index (χ0) is 15.4. The topological polar surface area (TPSA) is 136 Å². The zero-order valence-corrected chi connectivity index (χ0v) is 11.0. The first kappa shape index (κ1) is 15.6. The third-order valence-electron chi connectivity index (χ3n) is 2.73. The molecule has 0 aliphatic heterocycles. The van der Waals surface area contributed by atoms with Crippen LogP contribution in [-0.4, -0.2) is 27.9 Å². The van der Waals surface area contributed by atoms with Gasteiger partial charge in [-0.1, -0.05) is 0 Å². The Kier molecular flexibility index (Phi) is 4.76. The summed E-state index contributed by atoms with van der Waals surface area (Å²) in [6, 6.07) is 1.58. The summed E-state index contributed by atoms with van der Waals surface area (Å²) in [7, 11) is 0. The second kappa shape index (κ2) is 6.11. The Morgan fingerprint density at radius 2 is 2.00 bits per heavy atom. The van der Waals surface area contributed by atoms with E-state index in [2.05, 4.69) is 5.32 Å². The molecule has 108 valence electrons. The fourth-order valence-corrected chi connectivity index (χ4v) is 1.68. The molecule has 0 saturated heterocycles. The minimum atomic E-state index is -1.22. The standard InChI is InChI=1S/C12H15N3O5/c1-6-3-7(2)10(15(19)20)5-9(6)14-12(18)8(13)4-11(16)17/h3,5,8H,4,13H2,1-2H3,(H,14,18)(H,16,17). The van der Waals surface area contributed by atoms with Crippen molar-refractivity contribution in [3.05, 3.63) is 33.4 Å². The minimum absolute atomic E-state index is 0.127. The summed E-state index contributed by atoms with van der Waals surface area (Å²) >= 11 is 0. The van der Waals surface area contributed by atoms with Crippen LogP contribution in [0.2, 0.25) is 0 Å². The lowest BCUT2D eigenvalue weighted by Gasteiger charge is -2.12. The molecule has 0 spiro atoms. The van der Waals surface area contributed by atoms with Gasteiger partial charge in [-0.05, 0) is 25.5 Å². The van der Waals surface area contributed by atoms with Gasteiger partial charge in [0.15, 0.2) is 0 Å². The van der Waals surface area contributed by atoms with Crippen LogP contribution in [0.3, 0.4) is 0 Å². The van der Waals surface area contributed by atoms with Crippen LogP contribution in [-0.2, 0) is 9.59 Å². The molecule has 1 unspecified atom stereocenters. The van der Waals surface area contributed by atoms with Crippen molar-refractivity contribution in [2.24, 2.45) is 5.73 Å². The molecule has 1 amide bonds. The largest absolute Gasteiger partial charge is 0.481 e. The van der Waals surface area contributed by atoms with Crippen molar-refractivity contribution in [2.75, 3.05) is 5.32 Å². The molecule has 1 aromatic carbocycles. The van der Waals surface area contributed by atoms with Crippen molar-refractivity contribution >= 4 is 23.3 Å². The number of benzene rings is 1. The molecule has 8 heteroatoms. The van der Waals surface area contributed by atoms with E-state index in [1.807, 2.05) is 0 Å². The summed E-state index contributed by atoms with van der Waals surface area (Å²) in [6.45, 7) is 3.27. The number of aliphatic carboxylic acids is 1. The van der Waals surface area contributed by atoms with Crippen LogP contribution in [0.1, 0.15) is 17.5 Å². The Balaban J connectivity index is 2.97. The van der Waals surface area contributed by atoms with E-state index in [1.54, 1.807) is 19.9 Å². The molecule has 0 heterocycles. The third-order valence-corrected chi connectivity index (χ3v) is 2.73. The maximum absolute atomic E-state index is 11.7. The highest BCUT2D eigenvalue weighted by molar-refractivity contribution is 5.97. The minimum Gasteiger partial charge on any atom is -0.481 e. The molecule has 0 aliphatic carbocycles. The van der Waals surface area contributed by atoms with Gasteiger partial charge in [-0.25, -0.2) is 0 Å². The molecular formula is C12H15N3O5. The molecule has 0 aromatic heterocycles. The highest BCUT2D eigenvalue weighted by Crippen LogP contribution is 2.26. The maximum atomic E-state index is 11.7. The first-order chi connectivity index (χ1) is 9.22. The number of carbonyl (C=O) groups is 2. The Bertz CT molecular complexity index is 570. The van der Waals surface area contributed by atoms with Gasteiger partial charge < -0.3 is 16.2 Å². The summed E-state index contributed by atoms with van der Waals surface area (Å²) in [5, 5.41) is 21.8. The number of carbonyl (C=O) groups excluding carboxylic acids is 1. The van der Waals surface area contributed by atoms with E-state index in [9.17, 15) is 19.7 Å². The third kappa shape index (κ3) is 3.75. The predicted octanol–water partition coefficient (Wildman–Crippen LogP) is 0.952. The first-order valence-electron chi connectivity index (χ1n) is 5.76. The van der Waals surface area contributed by atoms with E-state index in [1.165, 1.54) is 6.07 Å². The normalized spacial score (nSPS) is 11.8. The Hall–Kier alpha value is -2.48. The van der Waals surface area contributed by atoms with Crippen LogP contribution in [0.15, 0.2) is 12.1 Å². The van der Waals surface area contributed by atoms with Crippen molar-refractivity contribution in [2.45, 2.75) is 26.3 Å². The molecule has 0 saturated carbocycles. The van der Waals surface area contributed by atoms with Crippen LogP contribution in [0, 0.1) is 24.0 Å². The lowest BCUT2D eigenvalue weighted by atomic mass is 10.1. The van der Waals surface area contributed by atoms with Crippen LogP contribution in [0.25, 0.3) is 0 Å². The number of amides is 1. The van der Waals surface area contributed by atoms with Gasteiger partial charge in [-0.15, -0.1) is 0 Å². The van der Waals surface area contributed by atoms with Crippen LogP contribution in [0.5, 0.6) is 0 Å². The molecule has 1 rings (SSSR count). The molecule has 20 heavy (non-hydrogen) atoms. The van der Waals surface area contributed by atoms with Gasteiger partial charge in [0.05, 0.1) is 23.1 Å². The average Bonchev–Trinajstić information content (AvgIpc) is 2.30. The second-order valence-electron chi connectivity index (χ2n) is 4.40. The van der Waals surface area contributed by atoms with E-state index in [0.29, 0.717) is 11.1 Å². The van der Waals surface area contributed by atoms with Gasteiger partial charge >= 0.3 is 5.97 Å². The number of hydrogen-bond acceptors (Lipinski definition) is 5. The molecule has 0 aliphatic rings. The highest BCUT2D eigenvalue weighted by atomic mass is 16.6. The summed E-state index contributed by atoms with van der Waals surface area (Å²) in [4.78, 5) is 32.5. The molecule has 0 fully saturated rings. The summed E-state index contributed by atoms with van der Waals surface area (Å²) in [6.07, 6.45) is -0.515. The van der Waals surface area contributed by atoms with Crippen molar-refractivity contribution in [3.63, 3.8) is 0 Å². The number of nitrogens with zero attached hydrogens (tertiary/aromatic N) is 1. The van der Waals surface area contributed by atoms with Crippen molar-refractivity contribution in [1.82, 2.24) is 0 Å². The second-order valence-corrected chi connectivity index (χ2v) is 4.40. The number of nitrogens with one attached hydrogen (secondary N) is 1. The van der Waals surface area contributed by atoms with Crippen molar-refractivity contribution < 1.29 is 19.6 Å². The number of nitro groups is 1. The number of aryl methyl sites for hydroxylation is 2. The average molecular weight is 281 g/mol. The van der Waals surface area contributed by atoms with Crippen LogP contribution >= 0.6 is 0 Å². The van der Waals surface area contributed by atoms with E-state index in [0.717, 1.165) is 0 Å². The summed E-state index contributed by atoms with van der Waals surface area (Å²) in [5.41, 5.74) is 6.63. The Morgan fingerprint density at radius 3 is 2.50 bits per heavy atom. The van der Waals surface area contributed by atoms with Gasteiger partial charge in [-0.2, -0.15) is 0 Å². The molecule has 4 N–H and O–H groups in total. The SMILES string of the molecule is Cc1cc(C)c([N+](=O)[O-])cc1NC(=O)C(N)CC(=O)O. The number of anilines is 1. The number of hydrogen-bond donors (Lipinski definition) is 3. The molecule has 0 bridgehead atoms. The number of carboxylic acids is 1. The zero-order valence-electron chi connectivity index (χ0n) is 11.0. The lowest BCUT2D eigenvalue weighted by molar-refractivity contribution is -0.385. The summed E-state index contributed by atoms with van der Waals surface area (Å²) in [5.74, 6) is -1.90. The van der Waals surface area contributed by atoms with Gasteiger partial charge in [-0.3, -0.25) is 19.7 Å². The molecule has 1 aromatic rings. The maximum Gasteiger partial charge on any atom is 0.305 e. The van der Waals surface area contributed by atoms with Crippen LogP contribution < -0.4 is 11.1 Å². The van der Waals surface area contributed by atoms with E-state index in [-0.39, 0.29) is 11.4 Å². The molecule has 0 radical (unpaired) electrons. The molecule has 8 nitrogen and oxygen atoms in total. The highest BCUT2D eigenvalue weighted by Gasteiger charge is 2.20. The van der Waals surface area contributed by atoms with Crippen LogP contribution in [0.4, 0.5) is 11.4 Å². The van der Waals surface area contributed by atoms with Gasteiger partial charge in [0.25, 0.3) is 5.69 Å². The fraction of sp³-hybridized carbons (Fsp3) is 0.333. The lowest BCUT2D eigenvalue weighted by Crippen LogP contribution is -2.37. The monoisotopic (exact) mass is 281 g/mol. The van der Waals surface area contributed by atoms with Crippen molar-refractivity contribution in [1.29, 1.82) is 0 Å². The quantitative estimate of drug-likeness (QED) is 0.543. The molecular weight excluding hydrogens is 266 g/mol. The fourth-order valence-electron chi connectivity index (χ4n) is 1.68. The Labute approximate surface area is 114 Å². The summed E-state index contributed by atoms with van der Waals surface area (Å²) < 4.78 is 0. The van der Waals surface area contributed by atoms with Gasteiger partial charge in [0, 0.05) is 11.6 Å². The van der Waals surface area contributed by atoms with Gasteiger partial charge in [0.2, 0.25) is 5.91 Å². The van der Waals surface area contributed by atoms with Crippen molar-refractivity contribution in [3.8, 4) is 0 Å². The predicted molar refractivity (Wildman–Crippen MR) is 71.4 cm³/mol.